The van der Waals surface area contributed by atoms with Gasteiger partial charge in [0.1, 0.15) is 6.79 Å². The first kappa shape index (κ1) is 10.7. The van der Waals surface area contributed by atoms with Gasteiger partial charge in [0.25, 0.3) is 0 Å². The number of methoxy groups -OCH3 is 1. The van der Waals surface area contributed by atoms with Gasteiger partial charge >= 0.3 is 0 Å². The monoisotopic (exact) mass is 186 g/mol. The highest BCUT2D eigenvalue weighted by molar-refractivity contribution is 4.93. The highest BCUT2D eigenvalue weighted by atomic mass is 16.7. The molecule has 1 aliphatic carbocycles. The molecule has 1 rings (SSSR count). The van der Waals surface area contributed by atoms with Crippen molar-refractivity contribution in [3.05, 3.63) is 12.2 Å². The fourth-order valence-electron chi connectivity index (χ4n) is 1.26. The van der Waals surface area contributed by atoms with E-state index in [0.717, 1.165) is 6.42 Å². The number of hydrogen-bond acceptors (Lipinski definition) is 3. The van der Waals surface area contributed by atoms with Crippen molar-refractivity contribution in [2.45, 2.75) is 25.4 Å². The third-order valence-corrected chi connectivity index (χ3v) is 2.01. The standard InChI is InChI=1S/C10H18O3/c1-11-7-8-12-9-13-10-5-3-2-4-6-10/h3,5,10H,2,4,6-9H2,1H3. The summed E-state index contributed by atoms with van der Waals surface area (Å²) in [4.78, 5) is 0. The average molecular weight is 186 g/mol. The molecule has 0 aromatic rings. The van der Waals surface area contributed by atoms with Gasteiger partial charge in [-0.25, -0.2) is 0 Å². The molecule has 1 atom stereocenters. The van der Waals surface area contributed by atoms with Gasteiger partial charge in [0, 0.05) is 7.11 Å². The molecule has 76 valence electrons. The minimum absolute atomic E-state index is 0.260. The lowest BCUT2D eigenvalue weighted by atomic mass is 10.1. The van der Waals surface area contributed by atoms with Crippen molar-refractivity contribution >= 4 is 0 Å². The van der Waals surface area contributed by atoms with Crippen LogP contribution in [0.1, 0.15) is 19.3 Å². The maximum atomic E-state index is 5.46. The first-order valence-electron chi connectivity index (χ1n) is 4.78. The van der Waals surface area contributed by atoms with Gasteiger partial charge < -0.3 is 14.2 Å². The van der Waals surface area contributed by atoms with E-state index in [1.165, 1.54) is 12.8 Å². The average Bonchev–Trinajstić information content (AvgIpc) is 2.19. The fourth-order valence-corrected chi connectivity index (χ4v) is 1.26. The molecule has 0 saturated heterocycles. The van der Waals surface area contributed by atoms with Crippen LogP contribution in [0.25, 0.3) is 0 Å². The molecule has 0 aromatic carbocycles. The molecule has 3 heteroatoms. The Bertz CT molecular complexity index is 145. The summed E-state index contributed by atoms with van der Waals surface area (Å²) in [6.07, 6.45) is 8.07. The Hall–Kier alpha value is -0.380. The maximum absolute atomic E-state index is 5.46. The molecule has 0 heterocycles. The van der Waals surface area contributed by atoms with Crippen LogP contribution in [0.5, 0.6) is 0 Å². The molecule has 13 heavy (non-hydrogen) atoms. The van der Waals surface area contributed by atoms with Crippen molar-refractivity contribution in [3.8, 4) is 0 Å². The van der Waals surface area contributed by atoms with E-state index < -0.39 is 0 Å². The molecule has 0 bridgehead atoms. The highest BCUT2D eigenvalue weighted by Gasteiger charge is 2.07. The Morgan fingerprint density at radius 3 is 3.00 bits per heavy atom. The van der Waals surface area contributed by atoms with Gasteiger partial charge in [0.05, 0.1) is 19.3 Å². The van der Waals surface area contributed by atoms with Crippen LogP contribution in [0.15, 0.2) is 12.2 Å². The van der Waals surface area contributed by atoms with Gasteiger partial charge in [0.2, 0.25) is 0 Å². The van der Waals surface area contributed by atoms with Crippen molar-refractivity contribution in [2.24, 2.45) is 0 Å². The third kappa shape index (κ3) is 5.03. The number of ether oxygens (including phenoxy) is 3. The van der Waals surface area contributed by atoms with Gasteiger partial charge in [0.15, 0.2) is 0 Å². The van der Waals surface area contributed by atoms with E-state index in [1.807, 2.05) is 0 Å². The lowest BCUT2D eigenvalue weighted by molar-refractivity contribution is -0.0874. The zero-order chi connectivity index (χ0) is 9.36. The van der Waals surface area contributed by atoms with Crippen LogP contribution < -0.4 is 0 Å². The normalized spacial score (nSPS) is 22.1. The second kappa shape index (κ2) is 7.06. The molecule has 0 fully saturated rings. The number of hydrogen-bond donors (Lipinski definition) is 0. The van der Waals surface area contributed by atoms with E-state index in [9.17, 15) is 0 Å². The summed E-state index contributed by atoms with van der Waals surface area (Å²) < 4.78 is 15.5. The van der Waals surface area contributed by atoms with E-state index in [4.69, 9.17) is 14.2 Å². The van der Waals surface area contributed by atoms with E-state index in [1.54, 1.807) is 7.11 Å². The zero-order valence-corrected chi connectivity index (χ0v) is 8.20. The molecule has 0 radical (unpaired) electrons. The lowest BCUT2D eigenvalue weighted by Gasteiger charge is -2.16. The molecule has 1 aliphatic rings. The van der Waals surface area contributed by atoms with Crippen LogP contribution in [0.2, 0.25) is 0 Å². The molecule has 0 N–H and O–H groups in total. The minimum Gasteiger partial charge on any atom is -0.382 e. The zero-order valence-electron chi connectivity index (χ0n) is 8.20. The van der Waals surface area contributed by atoms with Crippen LogP contribution in [-0.2, 0) is 14.2 Å². The summed E-state index contributed by atoms with van der Waals surface area (Å²) in [6, 6.07) is 0. The number of rotatable bonds is 6. The smallest absolute Gasteiger partial charge is 0.147 e. The Kier molecular flexibility index (Phi) is 5.81. The topological polar surface area (TPSA) is 27.7 Å². The van der Waals surface area contributed by atoms with E-state index in [0.29, 0.717) is 20.0 Å². The van der Waals surface area contributed by atoms with Crippen molar-refractivity contribution < 1.29 is 14.2 Å². The first-order valence-corrected chi connectivity index (χ1v) is 4.78. The fraction of sp³-hybridized carbons (Fsp3) is 0.800. The maximum Gasteiger partial charge on any atom is 0.147 e. The van der Waals surface area contributed by atoms with Crippen molar-refractivity contribution in [1.29, 1.82) is 0 Å². The first-order chi connectivity index (χ1) is 6.43. The van der Waals surface area contributed by atoms with Crippen LogP contribution >= 0.6 is 0 Å². The van der Waals surface area contributed by atoms with Crippen LogP contribution in [-0.4, -0.2) is 33.2 Å². The predicted octanol–water partition coefficient (Wildman–Crippen LogP) is 1.73. The summed E-state index contributed by atoms with van der Waals surface area (Å²) in [5, 5.41) is 0. The van der Waals surface area contributed by atoms with Gasteiger partial charge in [-0.3, -0.25) is 0 Å². The van der Waals surface area contributed by atoms with Gasteiger partial charge in [-0.05, 0) is 19.3 Å². The molecule has 1 unspecified atom stereocenters. The Balaban J connectivity index is 1.92. The van der Waals surface area contributed by atoms with Gasteiger partial charge in [-0.2, -0.15) is 0 Å². The quantitative estimate of drug-likeness (QED) is 0.359. The van der Waals surface area contributed by atoms with Crippen molar-refractivity contribution in [2.75, 3.05) is 27.1 Å². The summed E-state index contributed by atoms with van der Waals surface area (Å²) >= 11 is 0. The summed E-state index contributed by atoms with van der Waals surface area (Å²) in [5.41, 5.74) is 0. The molecule has 0 aromatic heterocycles. The van der Waals surface area contributed by atoms with E-state index >= 15 is 0 Å². The number of allylic oxidation sites excluding steroid dienone is 1. The highest BCUT2D eigenvalue weighted by Crippen LogP contribution is 2.12. The molecule has 3 nitrogen and oxygen atoms in total. The van der Waals surface area contributed by atoms with Gasteiger partial charge in [-0.1, -0.05) is 12.2 Å². The largest absolute Gasteiger partial charge is 0.382 e. The summed E-state index contributed by atoms with van der Waals surface area (Å²) in [7, 11) is 1.66. The van der Waals surface area contributed by atoms with Crippen LogP contribution in [0, 0.1) is 0 Å². The Morgan fingerprint density at radius 1 is 1.38 bits per heavy atom. The molecule has 0 saturated carbocycles. The second-order valence-electron chi connectivity index (χ2n) is 3.08. The van der Waals surface area contributed by atoms with Gasteiger partial charge in [-0.15, -0.1) is 0 Å². The van der Waals surface area contributed by atoms with Crippen LogP contribution in [0.4, 0.5) is 0 Å². The van der Waals surface area contributed by atoms with E-state index in [-0.39, 0.29) is 6.10 Å². The molecular weight excluding hydrogens is 168 g/mol. The van der Waals surface area contributed by atoms with Crippen molar-refractivity contribution in [1.82, 2.24) is 0 Å². The molecule has 0 spiro atoms. The third-order valence-electron chi connectivity index (χ3n) is 2.01. The van der Waals surface area contributed by atoms with Crippen LogP contribution in [0.3, 0.4) is 0 Å². The summed E-state index contributed by atoms with van der Waals surface area (Å²) in [6.45, 7) is 1.61. The second-order valence-corrected chi connectivity index (χ2v) is 3.08. The Morgan fingerprint density at radius 2 is 2.31 bits per heavy atom. The lowest BCUT2D eigenvalue weighted by Crippen LogP contribution is -2.15. The Labute approximate surface area is 79.7 Å². The predicted molar refractivity (Wildman–Crippen MR) is 50.6 cm³/mol. The molecular formula is C10H18O3. The molecule has 0 aliphatic heterocycles. The molecule has 0 amide bonds. The van der Waals surface area contributed by atoms with E-state index in [2.05, 4.69) is 12.2 Å². The minimum atomic E-state index is 0.260. The van der Waals surface area contributed by atoms with Crippen molar-refractivity contribution in [3.63, 3.8) is 0 Å². The SMILES string of the molecule is COCCOCOC1C=CCCC1. The summed E-state index contributed by atoms with van der Waals surface area (Å²) in [5.74, 6) is 0.